The van der Waals surface area contributed by atoms with Crippen LogP contribution in [0, 0.1) is 0 Å². The minimum Gasteiger partial charge on any atom is -0.352 e. The monoisotopic (exact) mass is 249 g/mol. The van der Waals surface area contributed by atoms with Crippen molar-refractivity contribution in [3.8, 4) is 0 Å². The first-order valence-corrected chi connectivity index (χ1v) is 6.70. The molecule has 1 N–H and O–H groups in total. The van der Waals surface area contributed by atoms with E-state index in [4.69, 9.17) is 0 Å². The lowest BCUT2D eigenvalue weighted by Crippen LogP contribution is -2.52. The van der Waals surface area contributed by atoms with E-state index in [9.17, 15) is 0 Å². The topological polar surface area (TPSA) is 44.3 Å². The van der Waals surface area contributed by atoms with Crippen molar-refractivity contribution in [2.24, 2.45) is 0 Å². The number of nitrogens with one attached hydrogen (secondary N) is 1. The second-order valence-electron chi connectivity index (χ2n) is 4.84. The van der Waals surface area contributed by atoms with Crippen molar-refractivity contribution >= 4 is 5.82 Å². The van der Waals surface area contributed by atoms with Crippen LogP contribution in [0.25, 0.3) is 0 Å². The van der Waals surface area contributed by atoms with Gasteiger partial charge in [-0.05, 0) is 32.6 Å². The fourth-order valence-electron chi connectivity index (χ4n) is 2.47. The fourth-order valence-corrected chi connectivity index (χ4v) is 2.47. The molecular formula is C13H23N5. The second-order valence-corrected chi connectivity index (χ2v) is 4.84. The minimum absolute atomic E-state index is 0.586. The van der Waals surface area contributed by atoms with E-state index in [0.29, 0.717) is 6.04 Å². The molecule has 2 rings (SSSR count). The van der Waals surface area contributed by atoms with Gasteiger partial charge in [0.25, 0.3) is 0 Å². The van der Waals surface area contributed by atoms with Gasteiger partial charge in [0.05, 0.1) is 5.69 Å². The molecule has 100 valence electrons. The number of aromatic nitrogens is 2. The molecule has 2 heterocycles. The van der Waals surface area contributed by atoms with Crippen molar-refractivity contribution in [3.63, 3.8) is 0 Å². The quantitative estimate of drug-likeness (QED) is 0.852. The highest BCUT2D eigenvalue weighted by molar-refractivity contribution is 5.38. The Kier molecular flexibility index (Phi) is 4.49. The molecule has 0 spiro atoms. The third-order valence-electron chi connectivity index (χ3n) is 3.56. The molecule has 1 aromatic rings. The Balaban J connectivity index is 1.99. The summed E-state index contributed by atoms with van der Waals surface area (Å²) in [6.45, 7) is 9.58. The van der Waals surface area contributed by atoms with Crippen LogP contribution in [0.3, 0.4) is 0 Å². The highest BCUT2D eigenvalue weighted by Crippen LogP contribution is 2.16. The molecule has 0 radical (unpaired) electrons. The highest BCUT2D eigenvalue weighted by atomic mass is 15.3. The first kappa shape index (κ1) is 13.2. The number of anilines is 1. The van der Waals surface area contributed by atoms with Gasteiger partial charge in [-0.2, -0.15) is 5.10 Å². The summed E-state index contributed by atoms with van der Waals surface area (Å²) in [6.07, 6.45) is 0. The molecule has 1 aliphatic rings. The molecule has 0 aliphatic carbocycles. The number of piperazine rings is 1. The summed E-state index contributed by atoms with van der Waals surface area (Å²) in [5.41, 5.74) is 0.987. The predicted molar refractivity (Wildman–Crippen MR) is 73.7 cm³/mol. The SMILES string of the molecule is CCN1CCN(c2ccc(CNC)nn2)CC1C. The lowest BCUT2D eigenvalue weighted by molar-refractivity contribution is 0.199. The predicted octanol–water partition coefficient (Wildman–Crippen LogP) is 0.726. The smallest absolute Gasteiger partial charge is 0.151 e. The summed E-state index contributed by atoms with van der Waals surface area (Å²) < 4.78 is 0. The molecule has 1 aromatic heterocycles. The van der Waals surface area contributed by atoms with E-state index in [-0.39, 0.29) is 0 Å². The van der Waals surface area contributed by atoms with Crippen LogP contribution in [0.4, 0.5) is 5.82 Å². The third-order valence-corrected chi connectivity index (χ3v) is 3.56. The summed E-state index contributed by atoms with van der Waals surface area (Å²) in [5.74, 6) is 0.998. The zero-order chi connectivity index (χ0) is 13.0. The van der Waals surface area contributed by atoms with E-state index >= 15 is 0 Å². The van der Waals surface area contributed by atoms with Gasteiger partial charge in [0.1, 0.15) is 0 Å². The van der Waals surface area contributed by atoms with Crippen LogP contribution in [0.2, 0.25) is 0 Å². The molecule has 1 atom stereocenters. The van der Waals surface area contributed by atoms with E-state index in [0.717, 1.165) is 44.2 Å². The fraction of sp³-hybridized carbons (Fsp3) is 0.692. The average Bonchev–Trinajstić information content (AvgIpc) is 2.40. The van der Waals surface area contributed by atoms with E-state index in [1.54, 1.807) is 0 Å². The number of rotatable bonds is 4. The molecule has 1 saturated heterocycles. The largest absolute Gasteiger partial charge is 0.352 e. The summed E-state index contributed by atoms with van der Waals surface area (Å²) in [6, 6.07) is 4.71. The van der Waals surface area contributed by atoms with Gasteiger partial charge >= 0.3 is 0 Å². The summed E-state index contributed by atoms with van der Waals surface area (Å²) >= 11 is 0. The Morgan fingerprint density at radius 2 is 2.17 bits per heavy atom. The molecule has 18 heavy (non-hydrogen) atoms. The maximum atomic E-state index is 4.32. The van der Waals surface area contributed by atoms with E-state index in [1.807, 2.05) is 7.05 Å². The minimum atomic E-state index is 0.586. The molecular weight excluding hydrogens is 226 g/mol. The van der Waals surface area contributed by atoms with Gasteiger partial charge in [0.15, 0.2) is 5.82 Å². The summed E-state index contributed by atoms with van der Waals surface area (Å²) in [4.78, 5) is 4.83. The molecule has 0 bridgehead atoms. The Morgan fingerprint density at radius 1 is 1.33 bits per heavy atom. The first-order chi connectivity index (χ1) is 8.74. The van der Waals surface area contributed by atoms with Crippen molar-refractivity contribution in [2.45, 2.75) is 26.4 Å². The molecule has 1 fully saturated rings. The van der Waals surface area contributed by atoms with Gasteiger partial charge in [0.2, 0.25) is 0 Å². The molecule has 0 amide bonds. The summed E-state index contributed by atoms with van der Waals surface area (Å²) in [7, 11) is 1.92. The zero-order valence-electron chi connectivity index (χ0n) is 11.6. The van der Waals surface area contributed by atoms with Gasteiger partial charge in [-0.1, -0.05) is 6.92 Å². The van der Waals surface area contributed by atoms with Crippen molar-refractivity contribution in [3.05, 3.63) is 17.8 Å². The van der Waals surface area contributed by atoms with E-state index < -0.39 is 0 Å². The first-order valence-electron chi connectivity index (χ1n) is 6.70. The van der Waals surface area contributed by atoms with Gasteiger partial charge in [-0.3, -0.25) is 4.90 Å². The number of nitrogens with zero attached hydrogens (tertiary/aromatic N) is 4. The normalized spacial score (nSPS) is 21.3. The van der Waals surface area contributed by atoms with Crippen molar-refractivity contribution in [1.29, 1.82) is 0 Å². The Hall–Kier alpha value is -1.20. The maximum Gasteiger partial charge on any atom is 0.151 e. The average molecular weight is 249 g/mol. The van der Waals surface area contributed by atoms with Crippen molar-refractivity contribution in [2.75, 3.05) is 38.1 Å². The van der Waals surface area contributed by atoms with Crippen LogP contribution >= 0.6 is 0 Å². The lowest BCUT2D eigenvalue weighted by Gasteiger charge is -2.39. The van der Waals surface area contributed by atoms with Crippen LogP contribution in [0.15, 0.2) is 12.1 Å². The van der Waals surface area contributed by atoms with E-state index in [1.165, 1.54) is 0 Å². The van der Waals surface area contributed by atoms with Crippen LogP contribution in [-0.4, -0.2) is 54.4 Å². The van der Waals surface area contributed by atoms with Crippen LogP contribution in [-0.2, 0) is 6.54 Å². The zero-order valence-corrected chi connectivity index (χ0v) is 11.6. The standard InChI is InChI=1S/C13H23N5/c1-4-17-7-8-18(10-11(17)2)13-6-5-12(9-14-3)15-16-13/h5-6,11,14H,4,7-10H2,1-3H3. The molecule has 0 aromatic carbocycles. The van der Waals surface area contributed by atoms with Gasteiger partial charge < -0.3 is 10.2 Å². The van der Waals surface area contributed by atoms with Gasteiger partial charge in [-0.15, -0.1) is 5.10 Å². The Morgan fingerprint density at radius 3 is 2.72 bits per heavy atom. The number of hydrogen-bond donors (Lipinski definition) is 1. The lowest BCUT2D eigenvalue weighted by atomic mass is 10.2. The van der Waals surface area contributed by atoms with Crippen LogP contribution < -0.4 is 10.2 Å². The van der Waals surface area contributed by atoms with E-state index in [2.05, 4.69) is 51.3 Å². The molecule has 0 saturated carbocycles. The Labute approximate surface area is 109 Å². The number of hydrogen-bond acceptors (Lipinski definition) is 5. The summed E-state index contributed by atoms with van der Waals surface area (Å²) in [5, 5.41) is 11.6. The Bertz CT molecular complexity index is 364. The third kappa shape index (κ3) is 2.97. The molecule has 1 unspecified atom stereocenters. The van der Waals surface area contributed by atoms with Crippen molar-refractivity contribution in [1.82, 2.24) is 20.4 Å². The van der Waals surface area contributed by atoms with Crippen molar-refractivity contribution < 1.29 is 0 Å². The highest BCUT2D eigenvalue weighted by Gasteiger charge is 2.23. The molecule has 5 heteroatoms. The van der Waals surface area contributed by atoms with Crippen LogP contribution in [0.5, 0.6) is 0 Å². The number of likely N-dealkylation sites (N-methyl/N-ethyl adjacent to an activating group) is 1. The second kappa shape index (κ2) is 6.11. The molecule has 1 aliphatic heterocycles. The van der Waals surface area contributed by atoms with Gasteiger partial charge in [0, 0.05) is 32.2 Å². The van der Waals surface area contributed by atoms with Gasteiger partial charge in [-0.25, -0.2) is 0 Å². The molecule has 5 nitrogen and oxygen atoms in total. The maximum absolute atomic E-state index is 4.32. The van der Waals surface area contributed by atoms with Crippen LogP contribution in [0.1, 0.15) is 19.5 Å².